The van der Waals surface area contributed by atoms with E-state index in [1.165, 1.54) is 28.8 Å². The number of halogens is 3. The number of alkyl halides is 3. The van der Waals surface area contributed by atoms with Gasteiger partial charge in [-0.3, -0.25) is 9.59 Å². The number of hydrogen-bond donors (Lipinski definition) is 4. The van der Waals surface area contributed by atoms with E-state index in [-0.39, 0.29) is 22.8 Å². The fourth-order valence-electron chi connectivity index (χ4n) is 5.39. The third kappa shape index (κ3) is 8.66. The zero-order valence-electron chi connectivity index (χ0n) is 24.0. The molecule has 0 bridgehead atoms. The van der Waals surface area contributed by atoms with Crippen molar-refractivity contribution in [1.82, 2.24) is 15.5 Å². The number of carbonyl (C=O) groups is 3. The van der Waals surface area contributed by atoms with Crippen LogP contribution < -0.4 is 16.0 Å². The Balaban J connectivity index is 1.42. The molecule has 2 fully saturated rings. The third-order valence-electron chi connectivity index (χ3n) is 7.80. The molecular formula is C29H35F3N4O6S2. The first-order chi connectivity index (χ1) is 20.8. The van der Waals surface area contributed by atoms with Crippen molar-refractivity contribution in [2.24, 2.45) is 5.92 Å². The van der Waals surface area contributed by atoms with Crippen LogP contribution in [0.15, 0.2) is 52.3 Å². The molecule has 2 aromatic carbocycles. The lowest BCUT2D eigenvalue weighted by molar-refractivity contribution is -0.137. The van der Waals surface area contributed by atoms with Gasteiger partial charge >= 0.3 is 12.2 Å². The van der Waals surface area contributed by atoms with Gasteiger partial charge in [-0.05, 0) is 86.7 Å². The largest absolute Gasteiger partial charge is 0.416 e. The van der Waals surface area contributed by atoms with E-state index in [4.69, 9.17) is 0 Å². The van der Waals surface area contributed by atoms with Gasteiger partial charge in [0, 0.05) is 24.0 Å². The molecule has 0 radical (unpaired) electrons. The van der Waals surface area contributed by atoms with E-state index in [9.17, 15) is 41.1 Å². The maximum absolute atomic E-state index is 13.4. The number of nitrogens with zero attached hydrogens (tertiary/aromatic N) is 1. The second-order valence-corrected chi connectivity index (χ2v) is 13.8. The molecule has 1 aliphatic carbocycles. The monoisotopic (exact) mass is 656 g/mol. The van der Waals surface area contributed by atoms with Gasteiger partial charge in [-0.2, -0.15) is 13.2 Å². The van der Waals surface area contributed by atoms with Crippen LogP contribution in [0.5, 0.6) is 0 Å². The molecule has 15 heteroatoms. The molecular weight excluding hydrogens is 621 g/mol. The van der Waals surface area contributed by atoms with Crippen molar-refractivity contribution in [2.75, 3.05) is 37.0 Å². The maximum Gasteiger partial charge on any atom is 0.416 e. The first-order valence-corrected chi connectivity index (χ1v) is 17.0. The van der Waals surface area contributed by atoms with E-state index in [1.807, 2.05) is 6.26 Å². The zero-order valence-corrected chi connectivity index (χ0v) is 25.7. The van der Waals surface area contributed by atoms with Gasteiger partial charge in [0.2, 0.25) is 5.91 Å². The standard InChI is InChI=1S/C29H35F3N4O6S2/c1-43-21-7-9-22(10-8-21)44(41,42)17-18-4-6-20(37)15-25(18)34-26(38)16-33-27(39)23-14-19(29(30,31)32)5-11-24(23)35-28(40)36-12-2-3-13-36/h5,7-11,14,18,20,25,37H,2-4,6,12-13,15-17H2,1H3,(H,33,39)(H,34,38)(H,35,40)/t18-,20-,25+/m1/s1. The molecule has 4 N–H and O–H groups in total. The van der Waals surface area contributed by atoms with E-state index >= 15 is 0 Å². The van der Waals surface area contributed by atoms with Crippen molar-refractivity contribution in [2.45, 2.75) is 60.2 Å². The molecule has 4 amide bonds. The minimum Gasteiger partial charge on any atom is -0.393 e. The molecule has 3 atom stereocenters. The molecule has 0 unspecified atom stereocenters. The summed E-state index contributed by atoms with van der Waals surface area (Å²) in [6.07, 6.45) is -1.26. The zero-order chi connectivity index (χ0) is 32.1. The van der Waals surface area contributed by atoms with Gasteiger partial charge in [0.15, 0.2) is 9.84 Å². The fourth-order valence-corrected chi connectivity index (χ4v) is 7.51. The minimum absolute atomic E-state index is 0.103. The van der Waals surface area contributed by atoms with Crippen LogP contribution in [-0.2, 0) is 20.8 Å². The first kappa shape index (κ1) is 33.6. The molecule has 1 heterocycles. The number of likely N-dealkylation sites (tertiary alicyclic amines) is 1. The Labute approximate surface area is 258 Å². The van der Waals surface area contributed by atoms with E-state index in [2.05, 4.69) is 16.0 Å². The number of hydrogen-bond acceptors (Lipinski definition) is 7. The van der Waals surface area contributed by atoms with Crippen LogP contribution >= 0.6 is 11.8 Å². The average Bonchev–Trinajstić information content (AvgIpc) is 3.52. The van der Waals surface area contributed by atoms with E-state index in [1.54, 1.807) is 12.1 Å². The summed E-state index contributed by atoms with van der Waals surface area (Å²) < 4.78 is 66.5. The molecule has 2 aliphatic rings. The predicted molar refractivity (Wildman–Crippen MR) is 159 cm³/mol. The van der Waals surface area contributed by atoms with Crippen LogP contribution in [0.3, 0.4) is 0 Å². The van der Waals surface area contributed by atoms with Crippen LogP contribution in [0.1, 0.15) is 48.0 Å². The van der Waals surface area contributed by atoms with Crippen molar-refractivity contribution >= 4 is 45.1 Å². The van der Waals surface area contributed by atoms with Crippen molar-refractivity contribution in [3.05, 3.63) is 53.6 Å². The van der Waals surface area contributed by atoms with E-state index in [0.29, 0.717) is 32.0 Å². The number of nitrogens with one attached hydrogen (secondary N) is 3. The molecule has 1 saturated carbocycles. The summed E-state index contributed by atoms with van der Waals surface area (Å²) in [7, 11) is -3.71. The van der Waals surface area contributed by atoms with Crippen molar-refractivity contribution in [1.29, 1.82) is 0 Å². The maximum atomic E-state index is 13.4. The summed E-state index contributed by atoms with van der Waals surface area (Å²) in [6, 6.07) is 7.55. The highest BCUT2D eigenvalue weighted by Gasteiger charge is 2.35. The SMILES string of the molecule is CSc1ccc(S(=O)(=O)C[C@H]2CC[C@@H](O)C[C@@H]2NC(=O)CNC(=O)c2cc(C(F)(F)F)ccc2NC(=O)N2CCCC2)cc1. The number of rotatable bonds is 9. The van der Waals surface area contributed by atoms with E-state index in [0.717, 1.165) is 29.9 Å². The Bertz CT molecular complexity index is 1460. The summed E-state index contributed by atoms with van der Waals surface area (Å²) in [5.41, 5.74) is -1.71. The molecule has 44 heavy (non-hydrogen) atoms. The highest BCUT2D eigenvalue weighted by atomic mass is 32.2. The summed E-state index contributed by atoms with van der Waals surface area (Å²) in [5, 5.41) is 17.7. The Kier molecular flexibility index (Phi) is 10.8. The number of amides is 4. The number of thioether (sulfide) groups is 1. The Morgan fingerprint density at radius 1 is 1.05 bits per heavy atom. The molecule has 4 rings (SSSR count). The number of sulfone groups is 1. The van der Waals surface area contributed by atoms with Gasteiger partial charge in [0.05, 0.1) is 40.1 Å². The number of aliphatic hydroxyl groups excluding tert-OH is 1. The quantitative estimate of drug-likeness (QED) is 0.300. The lowest BCUT2D eigenvalue weighted by Crippen LogP contribution is -2.50. The van der Waals surface area contributed by atoms with Crippen molar-refractivity contribution in [3.8, 4) is 0 Å². The lowest BCUT2D eigenvalue weighted by Gasteiger charge is -2.34. The predicted octanol–water partition coefficient (Wildman–Crippen LogP) is 3.90. The molecule has 240 valence electrons. The van der Waals surface area contributed by atoms with Crippen LogP contribution in [-0.4, -0.2) is 80.1 Å². The molecule has 1 aliphatic heterocycles. The fraction of sp³-hybridized carbons (Fsp3) is 0.483. The van der Waals surface area contributed by atoms with Crippen LogP contribution in [0.2, 0.25) is 0 Å². The Morgan fingerprint density at radius 2 is 1.73 bits per heavy atom. The summed E-state index contributed by atoms with van der Waals surface area (Å²) >= 11 is 1.48. The van der Waals surface area contributed by atoms with Gasteiger partial charge in [-0.25, -0.2) is 13.2 Å². The normalized spacial score (nSPS) is 20.7. The number of anilines is 1. The molecule has 0 aromatic heterocycles. The van der Waals surface area contributed by atoms with Crippen molar-refractivity contribution < 1.29 is 41.1 Å². The number of benzene rings is 2. The molecule has 10 nitrogen and oxygen atoms in total. The summed E-state index contributed by atoms with van der Waals surface area (Å²) in [5.74, 6) is -2.50. The minimum atomic E-state index is -4.75. The van der Waals surface area contributed by atoms with Crippen LogP contribution in [0, 0.1) is 5.92 Å². The van der Waals surface area contributed by atoms with Crippen LogP contribution in [0.4, 0.5) is 23.7 Å². The topological polar surface area (TPSA) is 145 Å². The highest BCUT2D eigenvalue weighted by molar-refractivity contribution is 7.98. The van der Waals surface area contributed by atoms with Gasteiger partial charge in [0.1, 0.15) is 0 Å². The van der Waals surface area contributed by atoms with Crippen LogP contribution in [0.25, 0.3) is 0 Å². The molecule has 1 saturated heterocycles. The average molecular weight is 657 g/mol. The van der Waals surface area contributed by atoms with E-state index < -0.39 is 69.6 Å². The summed E-state index contributed by atoms with van der Waals surface area (Å²) in [4.78, 5) is 41.0. The second kappa shape index (κ2) is 14.2. The summed E-state index contributed by atoms with van der Waals surface area (Å²) in [6.45, 7) is 0.337. The number of urea groups is 1. The first-order valence-electron chi connectivity index (χ1n) is 14.2. The van der Waals surface area contributed by atoms with Gasteiger partial charge in [-0.1, -0.05) is 0 Å². The Morgan fingerprint density at radius 3 is 2.36 bits per heavy atom. The second-order valence-electron chi connectivity index (χ2n) is 10.9. The van der Waals surface area contributed by atoms with Gasteiger partial charge < -0.3 is 26.0 Å². The third-order valence-corrected chi connectivity index (χ3v) is 10.4. The van der Waals surface area contributed by atoms with Crippen molar-refractivity contribution in [3.63, 3.8) is 0 Å². The molecule has 2 aromatic rings. The smallest absolute Gasteiger partial charge is 0.393 e. The lowest BCUT2D eigenvalue weighted by atomic mass is 9.84. The van der Waals surface area contributed by atoms with Gasteiger partial charge in [-0.15, -0.1) is 11.8 Å². The number of aliphatic hydroxyl groups is 1. The number of carbonyl (C=O) groups excluding carboxylic acids is 3. The highest BCUT2D eigenvalue weighted by Crippen LogP contribution is 2.32. The molecule has 0 spiro atoms. The Hall–Kier alpha value is -3.30. The van der Waals surface area contributed by atoms with Gasteiger partial charge in [0.25, 0.3) is 5.91 Å².